The van der Waals surface area contributed by atoms with Crippen LogP contribution in [0.5, 0.6) is 0 Å². The minimum absolute atomic E-state index is 0.0461. The zero-order valence-corrected chi connectivity index (χ0v) is 16.9. The molecule has 3 aromatic rings. The summed E-state index contributed by atoms with van der Waals surface area (Å²) < 4.78 is 27.6. The summed E-state index contributed by atoms with van der Waals surface area (Å²) in [6.45, 7) is 3.45. The van der Waals surface area contributed by atoms with E-state index in [9.17, 15) is 13.2 Å². The summed E-state index contributed by atoms with van der Waals surface area (Å²) >= 11 is 12.3. The van der Waals surface area contributed by atoms with Crippen LogP contribution in [0, 0.1) is 6.92 Å². The molecule has 0 unspecified atom stereocenters. The molecule has 1 aromatic heterocycles. The monoisotopic (exact) mass is 422 g/mol. The number of ketones is 1. The molecule has 0 bridgehead atoms. The Hall–Kier alpha value is -2.28. The van der Waals surface area contributed by atoms with Crippen LogP contribution < -0.4 is 5.73 Å². The second-order valence-corrected chi connectivity index (χ2v) is 8.55. The first-order valence-electron chi connectivity index (χ1n) is 7.96. The molecular formula is C19H16Cl2N2O3S. The highest BCUT2D eigenvalue weighted by Gasteiger charge is 2.28. The number of aryl methyl sites for hydroxylation is 1. The molecule has 140 valence electrons. The van der Waals surface area contributed by atoms with E-state index in [1.807, 2.05) is 6.92 Å². The third kappa shape index (κ3) is 3.25. The van der Waals surface area contributed by atoms with Crippen LogP contribution in [0.1, 0.15) is 23.0 Å². The van der Waals surface area contributed by atoms with Crippen LogP contribution in [-0.2, 0) is 10.0 Å². The molecule has 0 aliphatic heterocycles. The van der Waals surface area contributed by atoms with Gasteiger partial charge in [0.2, 0.25) is 5.78 Å². The number of fused-ring (bicyclic) bond motifs is 1. The van der Waals surface area contributed by atoms with E-state index in [1.165, 1.54) is 36.4 Å². The zero-order chi connectivity index (χ0) is 19.9. The summed E-state index contributed by atoms with van der Waals surface area (Å²) in [5, 5.41) is 0.777. The normalized spacial score (nSPS) is 12.5. The van der Waals surface area contributed by atoms with Crippen molar-refractivity contribution in [2.75, 3.05) is 0 Å². The Kier molecular flexibility index (Phi) is 5.08. The number of carbonyl (C=O) groups is 1. The van der Waals surface area contributed by atoms with Gasteiger partial charge in [0, 0.05) is 5.39 Å². The van der Waals surface area contributed by atoms with E-state index >= 15 is 0 Å². The standard InChI is InChI=1S/C19H16Cl2N2O3S/c1-3-15(22)19(24)17-10-13-16(9-8-14(20)18(13)21)23(17)27(25,26)12-6-4-11(2)5-7-12/h3-10H,22H2,1-2H3/b15-3-. The fourth-order valence-electron chi connectivity index (χ4n) is 2.71. The van der Waals surface area contributed by atoms with Crippen molar-refractivity contribution in [1.29, 1.82) is 0 Å². The van der Waals surface area contributed by atoms with Crippen LogP contribution in [-0.4, -0.2) is 18.2 Å². The highest BCUT2D eigenvalue weighted by Crippen LogP contribution is 2.35. The van der Waals surface area contributed by atoms with Gasteiger partial charge in [0.1, 0.15) is 5.69 Å². The number of halogens is 2. The lowest BCUT2D eigenvalue weighted by atomic mass is 10.2. The summed E-state index contributed by atoms with van der Waals surface area (Å²) in [4.78, 5) is 12.8. The van der Waals surface area contributed by atoms with E-state index in [0.29, 0.717) is 5.39 Å². The first-order chi connectivity index (χ1) is 12.7. The molecule has 2 N–H and O–H groups in total. The number of aromatic nitrogens is 1. The Bertz CT molecular complexity index is 1190. The summed E-state index contributed by atoms with van der Waals surface area (Å²) in [6, 6.07) is 10.7. The highest BCUT2D eigenvalue weighted by molar-refractivity contribution is 7.90. The number of carbonyl (C=O) groups excluding carboxylic acids is 1. The van der Waals surface area contributed by atoms with Crippen LogP contribution in [0.4, 0.5) is 0 Å². The lowest BCUT2D eigenvalue weighted by Crippen LogP contribution is -2.21. The van der Waals surface area contributed by atoms with Crippen molar-refractivity contribution in [2.45, 2.75) is 18.7 Å². The predicted molar refractivity (Wildman–Crippen MR) is 108 cm³/mol. The van der Waals surface area contributed by atoms with Gasteiger partial charge in [-0.05, 0) is 44.2 Å². The second-order valence-electron chi connectivity index (χ2n) is 5.98. The molecule has 0 aliphatic rings. The van der Waals surface area contributed by atoms with E-state index in [-0.39, 0.29) is 31.8 Å². The van der Waals surface area contributed by atoms with Crippen LogP contribution in [0.25, 0.3) is 10.9 Å². The number of Topliss-reactive ketones (excluding diaryl/α,β-unsaturated/α-hetero) is 1. The third-order valence-corrected chi connectivity index (χ3v) is 6.75. The number of hydrogen-bond acceptors (Lipinski definition) is 4. The van der Waals surface area contributed by atoms with Gasteiger partial charge in [0.25, 0.3) is 10.0 Å². The quantitative estimate of drug-likeness (QED) is 0.494. The zero-order valence-electron chi connectivity index (χ0n) is 14.5. The molecule has 27 heavy (non-hydrogen) atoms. The van der Waals surface area contributed by atoms with Gasteiger partial charge in [-0.25, -0.2) is 12.4 Å². The van der Waals surface area contributed by atoms with Gasteiger partial charge in [0.15, 0.2) is 0 Å². The van der Waals surface area contributed by atoms with Crippen LogP contribution >= 0.6 is 23.2 Å². The van der Waals surface area contributed by atoms with Gasteiger partial charge >= 0.3 is 0 Å². The Morgan fingerprint density at radius 2 is 1.74 bits per heavy atom. The predicted octanol–water partition coefficient (Wildman–Crippen LogP) is 4.54. The minimum Gasteiger partial charge on any atom is -0.396 e. The maximum Gasteiger partial charge on any atom is 0.268 e. The fourth-order valence-corrected chi connectivity index (χ4v) is 4.59. The van der Waals surface area contributed by atoms with E-state index in [2.05, 4.69) is 0 Å². The molecule has 0 amide bonds. The Morgan fingerprint density at radius 3 is 2.33 bits per heavy atom. The van der Waals surface area contributed by atoms with Gasteiger partial charge in [0.05, 0.1) is 26.2 Å². The molecule has 0 saturated heterocycles. The Balaban J connectivity index is 2.41. The summed E-state index contributed by atoms with van der Waals surface area (Å²) in [6.07, 6.45) is 1.41. The average molecular weight is 423 g/mol. The first kappa shape index (κ1) is 19.5. The van der Waals surface area contributed by atoms with E-state index in [0.717, 1.165) is 9.54 Å². The highest BCUT2D eigenvalue weighted by atomic mass is 35.5. The lowest BCUT2D eigenvalue weighted by Gasteiger charge is -2.12. The van der Waals surface area contributed by atoms with E-state index in [4.69, 9.17) is 28.9 Å². The Morgan fingerprint density at radius 1 is 1.11 bits per heavy atom. The molecule has 5 nitrogen and oxygen atoms in total. The molecule has 0 atom stereocenters. The average Bonchev–Trinajstić information content (AvgIpc) is 3.05. The first-order valence-corrected chi connectivity index (χ1v) is 10.2. The summed E-state index contributed by atoms with van der Waals surface area (Å²) in [5.74, 6) is -0.614. The molecule has 0 spiro atoms. The van der Waals surface area contributed by atoms with Crippen molar-refractivity contribution in [3.05, 3.63) is 75.5 Å². The smallest absolute Gasteiger partial charge is 0.268 e. The summed E-state index contributed by atoms with van der Waals surface area (Å²) in [7, 11) is -4.07. The lowest BCUT2D eigenvalue weighted by molar-refractivity contribution is 0.102. The van der Waals surface area contributed by atoms with Crippen molar-refractivity contribution in [3.63, 3.8) is 0 Å². The molecule has 8 heteroatoms. The maximum atomic E-state index is 13.3. The molecule has 0 fully saturated rings. The van der Waals surface area contributed by atoms with Gasteiger partial charge < -0.3 is 5.73 Å². The van der Waals surface area contributed by atoms with Gasteiger partial charge in [-0.1, -0.05) is 47.0 Å². The second kappa shape index (κ2) is 7.03. The molecule has 0 saturated carbocycles. The molecule has 0 radical (unpaired) electrons. The molecule has 3 rings (SSSR count). The minimum atomic E-state index is -4.07. The van der Waals surface area contributed by atoms with E-state index in [1.54, 1.807) is 19.1 Å². The molecular weight excluding hydrogens is 407 g/mol. The topological polar surface area (TPSA) is 82.2 Å². The van der Waals surface area contributed by atoms with Crippen molar-refractivity contribution >= 4 is 49.9 Å². The molecule has 1 heterocycles. The van der Waals surface area contributed by atoms with Gasteiger partial charge in [-0.15, -0.1) is 0 Å². The molecule has 2 aromatic carbocycles. The largest absolute Gasteiger partial charge is 0.396 e. The van der Waals surface area contributed by atoms with Crippen LogP contribution in [0.2, 0.25) is 10.0 Å². The number of benzene rings is 2. The van der Waals surface area contributed by atoms with Crippen molar-refractivity contribution in [2.24, 2.45) is 5.73 Å². The number of nitrogens with two attached hydrogens (primary N) is 1. The SMILES string of the molecule is C/C=C(\N)C(=O)c1cc2c(Cl)c(Cl)ccc2n1S(=O)(=O)c1ccc(C)cc1. The van der Waals surface area contributed by atoms with E-state index < -0.39 is 15.8 Å². The van der Waals surface area contributed by atoms with Crippen molar-refractivity contribution in [3.8, 4) is 0 Å². The van der Waals surface area contributed by atoms with Crippen molar-refractivity contribution in [1.82, 2.24) is 3.97 Å². The third-order valence-electron chi connectivity index (χ3n) is 4.19. The fraction of sp³-hybridized carbons (Fsp3) is 0.105. The number of nitrogens with zero attached hydrogens (tertiary/aromatic N) is 1. The Labute approximate surface area is 167 Å². The molecule has 0 aliphatic carbocycles. The van der Waals surface area contributed by atoms with Crippen molar-refractivity contribution < 1.29 is 13.2 Å². The number of hydrogen-bond donors (Lipinski definition) is 1. The van der Waals surface area contributed by atoms with Gasteiger partial charge in [-0.3, -0.25) is 4.79 Å². The van der Waals surface area contributed by atoms with Crippen LogP contribution in [0.3, 0.4) is 0 Å². The number of rotatable bonds is 4. The summed E-state index contributed by atoms with van der Waals surface area (Å²) in [5.41, 5.74) is 6.74. The number of allylic oxidation sites excluding steroid dienone is 2. The van der Waals surface area contributed by atoms with Crippen LogP contribution in [0.15, 0.2) is 59.1 Å². The maximum absolute atomic E-state index is 13.3. The van der Waals surface area contributed by atoms with Gasteiger partial charge in [-0.2, -0.15) is 0 Å².